The molecule has 0 atom stereocenters. The molecular weight excluding hydrogens is 218 g/mol. The average molecular weight is 233 g/mol. The van der Waals surface area contributed by atoms with Gasteiger partial charge in [0.15, 0.2) is 0 Å². The number of rotatable bonds is 2. The van der Waals surface area contributed by atoms with Gasteiger partial charge in [-0.2, -0.15) is 0 Å². The number of hydrogen-bond donors (Lipinski definition) is 1. The van der Waals surface area contributed by atoms with Gasteiger partial charge in [0.05, 0.1) is 0 Å². The van der Waals surface area contributed by atoms with Crippen LogP contribution in [-0.4, -0.2) is 0 Å². The molecule has 0 fully saturated rings. The fourth-order valence-electron chi connectivity index (χ4n) is 2.31. The van der Waals surface area contributed by atoms with Crippen molar-refractivity contribution in [1.82, 2.24) is 0 Å². The van der Waals surface area contributed by atoms with Crippen LogP contribution in [0.15, 0.2) is 66.7 Å². The van der Waals surface area contributed by atoms with Crippen LogP contribution in [0, 0.1) is 0 Å². The molecule has 2 N–H and O–H groups in total. The first kappa shape index (κ1) is 10.8. The molecule has 0 bridgehead atoms. The molecule has 88 valence electrons. The number of fused-ring (bicyclic) bond motifs is 1. The normalized spacial score (nSPS) is 10.7. The third kappa shape index (κ3) is 1.95. The first-order valence-corrected chi connectivity index (χ1v) is 6.14. The zero-order chi connectivity index (χ0) is 12.4. The molecule has 0 radical (unpaired) electrons. The van der Waals surface area contributed by atoms with Gasteiger partial charge >= 0.3 is 0 Å². The van der Waals surface area contributed by atoms with Crippen LogP contribution >= 0.6 is 0 Å². The molecule has 0 aliphatic rings. The van der Waals surface area contributed by atoms with E-state index < -0.39 is 0 Å². The Labute approximate surface area is 107 Å². The van der Waals surface area contributed by atoms with Crippen molar-refractivity contribution in [2.45, 2.75) is 6.42 Å². The van der Waals surface area contributed by atoms with Gasteiger partial charge in [-0.05, 0) is 22.9 Å². The Hall–Kier alpha value is -2.28. The lowest BCUT2D eigenvalue weighted by molar-refractivity contribution is 1.20. The molecule has 1 nitrogen and oxygen atoms in total. The largest absolute Gasteiger partial charge is 0.398 e. The topological polar surface area (TPSA) is 26.0 Å². The summed E-state index contributed by atoms with van der Waals surface area (Å²) >= 11 is 0. The van der Waals surface area contributed by atoms with Crippen molar-refractivity contribution in [3.63, 3.8) is 0 Å². The maximum atomic E-state index is 6.27. The summed E-state index contributed by atoms with van der Waals surface area (Å²) in [4.78, 5) is 0. The molecule has 3 rings (SSSR count). The van der Waals surface area contributed by atoms with Gasteiger partial charge in [-0.15, -0.1) is 0 Å². The highest BCUT2D eigenvalue weighted by atomic mass is 14.6. The van der Waals surface area contributed by atoms with E-state index in [1.165, 1.54) is 16.5 Å². The lowest BCUT2D eigenvalue weighted by atomic mass is 9.99. The number of nitrogen functional groups attached to an aromatic ring is 1. The van der Waals surface area contributed by atoms with Crippen LogP contribution < -0.4 is 5.73 Å². The summed E-state index contributed by atoms with van der Waals surface area (Å²) in [6, 6.07) is 22.9. The van der Waals surface area contributed by atoms with Crippen LogP contribution in [0.4, 0.5) is 5.69 Å². The average Bonchev–Trinajstić information content (AvgIpc) is 2.43. The Morgan fingerprint density at radius 2 is 1.44 bits per heavy atom. The zero-order valence-corrected chi connectivity index (χ0v) is 10.1. The van der Waals surface area contributed by atoms with Crippen LogP contribution in [0.25, 0.3) is 10.8 Å². The van der Waals surface area contributed by atoms with E-state index in [4.69, 9.17) is 5.73 Å². The van der Waals surface area contributed by atoms with Crippen molar-refractivity contribution in [3.05, 3.63) is 77.9 Å². The second-order valence-corrected chi connectivity index (χ2v) is 4.52. The summed E-state index contributed by atoms with van der Waals surface area (Å²) in [7, 11) is 0. The van der Waals surface area contributed by atoms with Crippen LogP contribution in [0.3, 0.4) is 0 Å². The SMILES string of the molecule is Nc1c(Cc2ccccc2)ccc2ccccc12. The van der Waals surface area contributed by atoms with Gasteiger partial charge in [0, 0.05) is 11.1 Å². The number of benzene rings is 3. The summed E-state index contributed by atoms with van der Waals surface area (Å²) in [5.74, 6) is 0. The summed E-state index contributed by atoms with van der Waals surface area (Å²) in [6.45, 7) is 0. The monoisotopic (exact) mass is 233 g/mol. The van der Waals surface area contributed by atoms with Crippen LogP contribution in [-0.2, 0) is 6.42 Å². The van der Waals surface area contributed by atoms with Crippen molar-refractivity contribution >= 4 is 16.5 Å². The quantitative estimate of drug-likeness (QED) is 0.665. The van der Waals surface area contributed by atoms with E-state index in [1.807, 2.05) is 18.2 Å². The van der Waals surface area contributed by atoms with E-state index in [9.17, 15) is 0 Å². The minimum Gasteiger partial charge on any atom is -0.398 e. The zero-order valence-electron chi connectivity index (χ0n) is 10.1. The van der Waals surface area contributed by atoms with Crippen LogP contribution in [0.2, 0.25) is 0 Å². The molecule has 3 aromatic rings. The van der Waals surface area contributed by atoms with Crippen molar-refractivity contribution in [2.24, 2.45) is 0 Å². The number of nitrogens with two attached hydrogens (primary N) is 1. The van der Waals surface area contributed by atoms with Gasteiger partial charge < -0.3 is 5.73 Å². The minimum absolute atomic E-state index is 0.886. The van der Waals surface area contributed by atoms with Gasteiger partial charge in [0.1, 0.15) is 0 Å². The van der Waals surface area contributed by atoms with E-state index in [-0.39, 0.29) is 0 Å². The van der Waals surface area contributed by atoms with Gasteiger partial charge in [-0.1, -0.05) is 66.7 Å². The summed E-state index contributed by atoms with van der Waals surface area (Å²) in [6.07, 6.45) is 0.886. The van der Waals surface area contributed by atoms with Crippen LogP contribution in [0.1, 0.15) is 11.1 Å². The predicted octanol–water partition coefficient (Wildman–Crippen LogP) is 4.01. The number of anilines is 1. The molecule has 3 aromatic carbocycles. The second kappa shape index (κ2) is 4.53. The first-order chi connectivity index (χ1) is 8.84. The van der Waals surface area contributed by atoms with E-state index in [0.29, 0.717) is 0 Å². The van der Waals surface area contributed by atoms with Crippen molar-refractivity contribution < 1.29 is 0 Å². The van der Waals surface area contributed by atoms with Gasteiger partial charge in [-0.25, -0.2) is 0 Å². The maximum absolute atomic E-state index is 6.27. The Bertz CT molecular complexity index is 672. The first-order valence-electron chi connectivity index (χ1n) is 6.14. The van der Waals surface area contributed by atoms with E-state index >= 15 is 0 Å². The molecule has 0 aliphatic carbocycles. The minimum atomic E-state index is 0.886. The maximum Gasteiger partial charge on any atom is 0.0429 e. The fraction of sp³-hybridized carbons (Fsp3) is 0.0588. The number of hydrogen-bond acceptors (Lipinski definition) is 1. The summed E-state index contributed by atoms with van der Waals surface area (Å²) in [5, 5.41) is 2.35. The highest BCUT2D eigenvalue weighted by molar-refractivity contribution is 5.94. The molecule has 18 heavy (non-hydrogen) atoms. The van der Waals surface area contributed by atoms with Crippen molar-refractivity contribution in [2.75, 3.05) is 5.73 Å². The molecule has 0 amide bonds. The lowest BCUT2D eigenvalue weighted by Crippen LogP contribution is -1.96. The van der Waals surface area contributed by atoms with E-state index in [1.54, 1.807) is 0 Å². The molecule has 0 spiro atoms. The molecule has 0 aliphatic heterocycles. The standard InChI is InChI=1S/C17H15N/c18-17-15(12-13-6-2-1-3-7-13)11-10-14-8-4-5-9-16(14)17/h1-11H,12,18H2. The second-order valence-electron chi connectivity index (χ2n) is 4.52. The third-order valence-electron chi connectivity index (χ3n) is 3.30. The fourth-order valence-corrected chi connectivity index (χ4v) is 2.31. The van der Waals surface area contributed by atoms with E-state index in [2.05, 4.69) is 48.5 Å². The summed E-state index contributed by atoms with van der Waals surface area (Å²) < 4.78 is 0. The molecule has 0 saturated carbocycles. The highest BCUT2D eigenvalue weighted by Crippen LogP contribution is 2.26. The smallest absolute Gasteiger partial charge is 0.0429 e. The molecule has 1 heteroatoms. The molecule has 0 unspecified atom stereocenters. The predicted molar refractivity (Wildman–Crippen MR) is 77.6 cm³/mol. The Morgan fingerprint density at radius 1 is 0.722 bits per heavy atom. The Morgan fingerprint density at radius 3 is 2.28 bits per heavy atom. The van der Waals surface area contributed by atoms with Gasteiger partial charge in [0.25, 0.3) is 0 Å². The molecule has 0 aromatic heterocycles. The van der Waals surface area contributed by atoms with E-state index in [0.717, 1.165) is 17.5 Å². The highest BCUT2D eigenvalue weighted by Gasteiger charge is 2.04. The van der Waals surface area contributed by atoms with Gasteiger partial charge in [0.2, 0.25) is 0 Å². The summed E-state index contributed by atoms with van der Waals surface area (Å²) in [5.41, 5.74) is 9.65. The van der Waals surface area contributed by atoms with Crippen molar-refractivity contribution in [3.8, 4) is 0 Å². The third-order valence-corrected chi connectivity index (χ3v) is 3.30. The van der Waals surface area contributed by atoms with Gasteiger partial charge in [-0.3, -0.25) is 0 Å². The Balaban J connectivity index is 2.05. The molecule has 0 heterocycles. The Kier molecular flexibility index (Phi) is 2.73. The molecule has 0 saturated heterocycles. The lowest BCUT2D eigenvalue weighted by Gasteiger charge is -2.09. The van der Waals surface area contributed by atoms with Crippen LogP contribution in [0.5, 0.6) is 0 Å². The molecular formula is C17H15N. The van der Waals surface area contributed by atoms with Crippen molar-refractivity contribution in [1.29, 1.82) is 0 Å².